The number of thiazole rings is 1. The van der Waals surface area contributed by atoms with Crippen molar-refractivity contribution in [3.63, 3.8) is 0 Å². The number of fused-ring (bicyclic) bond motifs is 1. The van der Waals surface area contributed by atoms with Gasteiger partial charge in [-0.2, -0.15) is 0 Å². The van der Waals surface area contributed by atoms with Gasteiger partial charge in [-0.15, -0.1) is 11.3 Å². The fourth-order valence-electron chi connectivity index (χ4n) is 2.02. The van der Waals surface area contributed by atoms with Crippen LogP contribution in [0.2, 0.25) is 5.15 Å². The lowest BCUT2D eigenvalue weighted by molar-refractivity contribution is -0.122. The van der Waals surface area contributed by atoms with E-state index in [0.717, 1.165) is 22.4 Å². The molecule has 1 aliphatic heterocycles. The molecule has 0 unspecified atom stereocenters. The van der Waals surface area contributed by atoms with E-state index < -0.39 is 0 Å². The van der Waals surface area contributed by atoms with E-state index in [2.05, 4.69) is 4.98 Å². The number of carbonyl (C=O) groups excluding carboxylic acids is 2. The van der Waals surface area contributed by atoms with Crippen LogP contribution in [0.4, 0.5) is 4.79 Å². The predicted molar refractivity (Wildman–Crippen MR) is 81.2 cm³/mol. The molecule has 8 heteroatoms. The molecule has 0 spiro atoms. The van der Waals surface area contributed by atoms with Gasteiger partial charge in [-0.1, -0.05) is 11.6 Å². The molecule has 3 rings (SSSR count). The van der Waals surface area contributed by atoms with Gasteiger partial charge in [0.05, 0.1) is 10.6 Å². The quantitative estimate of drug-likeness (QED) is 0.793. The van der Waals surface area contributed by atoms with Gasteiger partial charge in [-0.05, 0) is 31.7 Å². The van der Waals surface area contributed by atoms with E-state index in [4.69, 9.17) is 11.6 Å². The fourth-order valence-corrected chi connectivity index (χ4v) is 4.04. The van der Waals surface area contributed by atoms with Crippen LogP contribution in [0, 0.1) is 6.92 Å². The van der Waals surface area contributed by atoms with Crippen molar-refractivity contribution in [2.24, 2.45) is 0 Å². The predicted octanol–water partition coefficient (Wildman–Crippen LogP) is 3.41. The second kappa shape index (κ2) is 4.91. The number of aryl methyl sites for hydroxylation is 1. The molecule has 2 aromatic heterocycles. The molecule has 1 fully saturated rings. The zero-order chi connectivity index (χ0) is 14.4. The van der Waals surface area contributed by atoms with E-state index in [1.165, 1.54) is 16.2 Å². The number of thioether (sulfide) groups is 1. The van der Waals surface area contributed by atoms with Crippen LogP contribution in [0.1, 0.15) is 18.3 Å². The zero-order valence-corrected chi connectivity index (χ0v) is 13.1. The second-order valence-electron chi connectivity index (χ2n) is 4.21. The molecule has 0 N–H and O–H groups in total. The zero-order valence-electron chi connectivity index (χ0n) is 10.7. The van der Waals surface area contributed by atoms with Crippen molar-refractivity contribution in [2.75, 3.05) is 6.54 Å². The number of amides is 2. The summed E-state index contributed by atoms with van der Waals surface area (Å²) in [5.41, 5.74) is 1.63. The van der Waals surface area contributed by atoms with Crippen LogP contribution in [0.15, 0.2) is 10.3 Å². The van der Waals surface area contributed by atoms with Crippen LogP contribution in [0.25, 0.3) is 11.0 Å². The maximum atomic E-state index is 12.1. The Balaban J connectivity index is 2.11. The largest absolute Gasteiger partial charge is 0.293 e. The lowest BCUT2D eigenvalue weighted by Gasteiger charge is -2.06. The van der Waals surface area contributed by atoms with Crippen LogP contribution in [0.5, 0.6) is 0 Å². The van der Waals surface area contributed by atoms with Gasteiger partial charge in [0.15, 0.2) is 10.1 Å². The van der Waals surface area contributed by atoms with Gasteiger partial charge in [0.25, 0.3) is 11.1 Å². The third-order valence-corrected chi connectivity index (χ3v) is 5.11. The maximum Gasteiger partial charge on any atom is 0.293 e. The van der Waals surface area contributed by atoms with E-state index in [1.807, 2.05) is 16.7 Å². The topological polar surface area (TPSA) is 54.7 Å². The molecular formula is C12H10ClN3O2S2. The van der Waals surface area contributed by atoms with Gasteiger partial charge in [-0.3, -0.25) is 18.9 Å². The number of aromatic nitrogens is 2. The second-order valence-corrected chi connectivity index (χ2v) is 6.40. The number of hydrogen-bond acceptors (Lipinski definition) is 5. The first-order valence-electron chi connectivity index (χ1n) is 5.90. The summed E-state index contributed by atoms with van der Waals surface area (Å²) >= 11 is 8.54. The highest BCUT2D eigenvalue weighted by Crippen LogP contribution is 2.34. The molecule has 0 saturated carbocycles. The van der Waals surface area contributed by atoms with Gasteiger partial charge >= 0.3 is 0 Å². The van der Waals surface area contributed by atoms with Crippen LogP contribution < -0.4 is 0 Å². The fraction of sp³-hybridized carbons (Fsp3) is 0.250. The van der Waals surface area contributed by atoms with Crippen molar-refractivity contribution in [1.82, 2.24) is 14.3 Å². The molecule has 0 radical (unpaired) electrons. The van der Waals surface area contributed by atoms with Crippen molar-refractivity contribution in [3.8, 4) is 0 Å². The van der Waals surface area contributed by atoms with Gasteiger partial charge < -0.3 is 0 Å². The maximum absolute atomic E-state index is 12.1. The van der Waals surface area contributed by atoms with Gasteiger partial charge in [0.2, 0.25) is 0 Å². The minimum Gasteiger partial charge on any atom is -0.287 e. The molecule has 5 nitrogen and oxygen atoms in total. The van der Waals surface area contributed by atoms with Gasteiger partial charge in [0.1, 0.15) is 0 Å². The SMILES string of the molecule is CCN1C(=O)S/C(=C/c2c(Cl)nc3scc(C)n23)C1=O. The Labute approximate surface area is 128 Å². The first-order chi connectivity index (χ1) is 9.52. The minimum absolute atomic E-state index is 0.248. The van der Waals surface area contributed by atoms with E-state index >= 15 is 0 Å². The lowest BCUT2D eigenvalue weighted by Crippen LogP contribution is -2.27. The first kappa shape index (κ1) is 13.7. The average molecular weight is 328 g/mol. The summed E-state index contributed by atoms with van der Waals surface area (Å²) in [4.78, 5) is 30.4. The molecule has 2 aromatic rings. The summed E-state index contributed by atoms with van der Waals surface area (Å²) in [6, 6.07) is 0. The van der Waals surface area contributed by atoms with E-state index in [1.54, 1.807) is 13.0 Å². The third kappa shape index (κ3) is 1.97. The van der Waals surface area contributed by atoms with Crippen molar-refractivity contribution in [3.05, 3.63) is 26.8 Å². The Morgan fingerprint density at radius 2 is 2.20 bits per heavy atom. The highest BCUT2D eigenvalue weighted by atomic mass is 35.5. The summed E-state index contributed by atoms with van der Waals surface area (Å²) in [5.74, 6) is -0.276. The summed E-state index contributed by atoms with van der Waals surface area (Å²) in [5, 5.41) is 2.05. The molecule has 0 atom stereocenters. The Morgan fingerprint density at radius 1 is 1.45 bits per heavy atom. The first-order valence-corrected chi connectivity index (χ1v) is 7.97. The minimum atomic E-state index is -0.276. The molecule has 1 saturated heterocycles. The highest BCUT2D eigenvalue weighted by Gasteiger charge is 2.34. The van der Waals surface area contributed by atoms with Crippen molar-refractivity contribution < 1.29 is 9.59 Å². The number of hydrogen-bond donors (Lipinski definition) is 0. The average Bonchev–Trinajstić information content (AvgIpc) is 2.99. The number of rotatable bonds is 2. The third-order valence-electron chi connectivity index (χ3n) is 2.98. The van der Waals surface area contributed by atoms with Crippen molar-refractivity contribution >= 4 is 56.9 Å². The number of likely N-dealkylation sites (N-methyl/N-ethyl adjacent to an activating group) is 1. The van der Waals surface area contributed by atoms with Gasteiger partial charge in [0, 0.05) is 17.6 Å². The Kier molecular flexibility index (Phi) is 3.35. The van der Waals surface area contributed by atoms with Gasteiger partial charge in [-0.25, -0.2) is 4.98 Å². The summed E-state index contributed by atoms with van der Waals surface area (Å²) < 4.78 is 1.88. The van der Waals surface area contributed by atoms with E-state index in [0.29, 0.717) is 22.3 Å². The number of nitrogens with zero attached hydrogens (tertiary/aromatic N) is 3. The van der Waals surface area contributed by atoms with Crippen LogP contribution >= 0.6 is 34.7 Å². The molecule has 20 heavy (non-hydrogen) atoms. The molecule has 0 aliphatic carbocycles. The molecule has 104 valence electrons. The highest BCUT2D eigenvalue weighted by molar-refractivity contribution is 8.18. The molecular weight excluding hydrogens is 318 g/mol. The lowest BCUT2D eigenvalue weighted by atomic mass is 10.3. The Morgan fingerprint density at radius 3 is 2.85 bits per heavy atom. The standard InChI is InChI=1S/C12H10ClN3O2S2/c1-3-15-10(17)8(20-12(15)18)4-7-9(13)14-11-16(7)6(2)5-19-11/h4-5H,3H2,1-2H3/b8-4+. The summed E-state index contributed by atoms with van der Waals surface area (Å²) in [6.45, 7) is 4.08. The summed E-state index contributed by atoms with van der Waals surface area (Å²) in [6.07, 6.45) is 1.64. The monoisotopic (exact) mass is 327 g/mol. The molecule has 0 aromatic carbocycles. The van der Waals surface area contributed by atoms with E-state index in [9.17, 15) is 9.59 Å². The molecule has 2 amide bonds. The number of halogens is 1. The van der Waals surface area contributed by atoms with Crippen LogP contribution in [0.3, 0.4) is 0 Å². The normalized spacial score (nSPS) is 17.9. The summed E-state index contributed by atoms with van der Waals surface area (Å²) in [7, 11) is 0. The molecule has 1 aliphatic rings. The number of carbonyl (C=O) groups is 2. The Hall–Kier alpha value is -1.31. The number of imidazole rings is 1. The smallest absolute Gasteiger partial charge is 0.287 e. The van der Waals surface area contributed by atoms with Crippen molar-refractivity contribution in [1.29, 1.82) is 0 Å². The number of imide groups is 1. The Bertz CT molecular complexity index is 762. The van der Waals surface area contributed by atoms with Crippen molar-refractivity contribution in [2.45, 2.75) is 13.8 Å². The van der Waals surface area contributed by atoms with Crippen LogP contribution in [-0.4, -0.2) is 32.0 Å². The molecule has 0 bridgehead atoms. The van der Waals surface area contributed by atoms with Crippen LogP contribution in [-0.2, 0) is 4.79 Å². The molecule has 3 heterocycles. The van der Waals surface area contributed by atoms with E-state index in [-0.39, 0.29) is 11.1 Å².